The van der Waals surface area contributed by atoms with E-state index in [2.05, 4.69) is 41.2 Å². The van der Waals surface area contributed by atoms with Gasteiger partial charge in [-0.1, -0.05) is 88.9 Å². The first kappa shape index (κ1) is 45.0. The minimum Gasteiger partial charge on any atom is -0.525 e. The van der Waals surface area contributed by atoms with E-state index in [0.717, 1.165) is 11.5 Å². The van der Waals surface area contributed by atoms with Gasteiger partial charge in [0.1, 0.15) is 11.5 Å². The normalized spacial score (nSPS) is 7.97. The minimum absolute atomic E-state index is 0. The van der Waals surface area contributed by atoms with Crippen LogP contribution >= 0.6 is 0 Å². The molecule has 0 spiro atoms. The molecule has 0 aliphatic heterocycles. The van der Waals surface area contributed by atoms with Crippen molar-refractivity contribution in [3.63, 3.8) is 0 Å². The number of nitrogens with one attached hydrogen (secondary N) is 1. The molecule has 214 valence electrons. The van der Waals surface area contributed by atoms with Gasteiger partial charge in [-0.2, -0.15) is 0 Å². The first-order chi connectivity index (χ1) is 18.6. The van der Waals surface area contributed by atoms with E-state index < -0.39 is 0 Å². The molecule has 0 aliphatic carbocycles. The fourth-order valence-corrected chi connectivity index (χ4v) is 2.13. The van der Waals surface area contributed by atoms with Gasteiger partial charge in [0.05, 0.1) is 0 Å². The largest absolute Gasteiger partial charge is 0.525 e. The van der Waals surface area contributed by atoms with E-state index in [9.17, 15) is 9.59 Å². The number of ether oxygens (including phenoxy) is 2. The SMILES string of the molecule is CC.CC.CCn1ccn[c-]c1=O.O=c1[c-]ncc[nH]1.[CH2-]COc1ccccc1.[CH2-]COc1ccccc1.[Y].[Y]. The van der Waals surface area contributed by atoms with Crippen LogP contribution in [0.1, 0.15) is 34.6 Å². The molecule has 0 fully saturated rings. The maximum Gasteiger partial charge on any atom is 0.176 e. The Morgan fingerprint density at radius 2 is 1.23 bits per heavy atom. The van der Waals surface area contributed by atoms with Crippen LogP contribution in [0.25, 0.3) is 0 Å². The maximum atomic E-state index is 10.7. The van der Waals surface area contributed by atoms with Gasteiger partial charge < -0.3 is 42.8 Å². The molecule has 8 nitrogen and oxygen atoms in total. The van der Waals surface area contributed by atoms with Gasteiger partial charge in [-0.15, -0.1) is 12.4 Å². The number of aromatic amines is 1. The number of aryl methyl sites for hydroxylation is 1. The van der Waals surface area contributed by atoms with E-state index in [1.54, 1.807) is 12.4 Å². The van der Waals surface area contributed by atoms with Crippen molar-refractivity contribution in [2.24, 2.45) is 0 Å². The van der Waals surface area contributed by atoms with Crippen LogP contribution in [-0.2, 0) is 72.0 Å². The number of benzene rings is 2. The number of hydrogen-bond acceptors (Lipinski definition) is 6. The molecule has 40 heavy (non-hydrogen) atoms. The van der Waals surface area contributed by atoms with Gasteiger partial charge in [0.2, 0.25) is 0 Å². The quantitative estimate of drug-likeness (QED) is 0.278. The van der Waals surface area contributed by atoms with Crippen molar-refractivity contribution >= 4 is 0 Å². The third kappa shape index (κ3) is 26.2. The molecule has 10 heteroatoms. The molecule has 0 saturated heterocycles. The Labute approximate surface area is 290 Å². The molecule has 0 unspecified atom stereocenters. The van der Waals surface area contributed by atoms with Crippen LogP contribution in [0.5, 0.6) is 11.5 Å². The Morgan fingerprint density at radius 1 is 0.775 bits per heavy atom. The van der Waals surface area contributed by atoms with Gasteiger partial charge in [0.25, 0.3) is 0 Å². The Kier molecular flexibility index (Phi) is 39.4. The van der Waals surface area contributed by atoms with Crippen molar-refractivity contribution in [2.45, 2.75) is 41.2 Å². The molecule has 2 aromatic heterocycles. The van der Waals surface area contributed by atoms with Crippen molar-refractivity contribution in [3.8, 4) is 11.5 Å². The first-order valence-corrected chi connectivity index (χ1v) is 12.4. The second kappa shape index (κ2) is 35.0. The summed E-state index contributed by atoms with van der Waals surface area (Å²) in [5, 5.41) is 0. The average Bonchev–Trinajstić information content (AvgIpc) is 2.98. The van der Waals surface area contributed by atoms with E-state index in [4.69, 9.17) is 9.47 Å². The zero-order chi connectivity index (χ0) is 28.9. The van der Waals surface area contributed by atoms with Crippen LogP contribution in [0.4, 0.5) is 0 Å². The summed E-state index contributed by atoms with van der Waals surface area (Å²) in [6, 6.07) is 19.3. The van der Waals surface area contributed by atoms with Crippen LogP contribution in [0.2, 0.25) is 0 Å². The molecule has 0 amide bonds. The van der Waals surface area contributed by atoms with Crippen LogP contribution in [0, 0.1) is 26.2 Å². The van der Waals surface area contributed by atoms with Gasteiger partial charge in [-0.05, 0) is 44.4 Å². The zero-order valence-electron chi connectivity index (χ0n) is 24.2. The predicted octanol–water partition coefficient (Wildman–Crippen LogP) is 5.48. The third-order valence-electron chi connectivity index (χ3n) is 3.64. The molecule has 0 atom stereocenters. The topological polar surface area (TPSA) is 99.1 Å². The summed E-state index contributed by atoms with van der Waals surface area (Å²) in [6.07, 6.45) is 10.6. The number of rotatable bonds is 5. The summed E-state index contributed by atoms with van der Waals surface area (Å²) in [6.45, 7) is 18.7. The summed E-state index contributed by atoms with van der Waals surface area (Å²) in [5.74, 6) is 1.76. The van der Waals surface area contributed by atoms with Crippen LogP contribution in [0.15, 0.2) is 95.0 Å². The molecule has 2 heterocycles. The fraction of sp³-hybridized carbons (Fsp3) is 0.267. The van der Waals surface area contributed by atoms with Crippen molar-refractivity contribution in [2.75, 3.05) is 13.2 Å². The molecule has 0 aliphatic rings. The fourth-order valence-electron chi connectivity index (χ4n) is 2.13. The van der Waals surface area contributed by atoms with Crippen molar-refractivity contribution < 1.29 is 74.9 Å². The summed E-state index contributed by atoms with van der Waals surface area (Å²) < 4.78 is 11.7. The molecular formula is C30H40N4O4Y2-4. The standard InChI is InChI=1S/2C8H9O.C6H7N2O.C4H3N2O.2C2H6.2Y/c2*1-2-9-8-6-4-3-5-7-8;1-2-8-4-3-7-5-6(8)9;7-4-3-5-1-2-6-4;2*1-2;;/h2*3-7H,1-2H2;3-4H,2H2,1H3;1-2H,(H,6,7);2*1-2H3;;/q4*-1;;;;. The maximum absolute atomic E-state index is 10.7. The number of para-hydroxylation sites is 2. The molecule has 0 bridgehead atoms. The van der Waals surface area contributed by atoms with Gasteiger partial charge in [0, 0.05) is 72.0 Å². The molecule has 2 aromatic carbocycles. The van der Waals surface area contributed by atoms with Gasteiger partial charge >= 0.3 is 0 Å². The molecule has 4 rings (SSSR count). The smallest absolute Gasteiger partial charge is 0.176 e. The molecule has 0 saturated carbocycles. The number of H-pyrrole nitrogens is 1. The summed E-state index contributed by atoms with van der Waals surface area (Å²) >= 11 is 0. The molecular weight excluding hydrogens is 658 g/mol. The van der Waals surface area contributed by atoms with Crippen LogP contribution < -0.4 is 20.6 Å². The van der Waals surface area contributed by atoms with Gasteiger partial charge in [-0.25, -0.2) is 0 Å². The van der Waals surface area contributed by atoms with E-state index >= 15 is 0 Å². The number of aromatic nitrogens is 4. The second-order valence-corrected chi connectivity index (χ2v) is 5.98. The van der Waals surface area contributed by atoms with Crippen molar-refractivity contribution in [1.82, 2.24) is 19.5 Å². The van der Waals surface area contributed by atoms with Crippen molar-refractivity contribution in [1.29, 1.82) is 0 Å². The van der Waals surface area contributed by atoms with Gasteiger partial charge in [0.15, 0.2) is 11.1 Å². The van der Waals surface area contributed by atoms with E-state index in [-0.39, 0.29) is 76.5 Å². The number of hydrogen-bond donors (Lipinski definition) is 1. The van der Waals surface area contributed by atoms with Gasteiger partial charge in [-0.3, -0.25) is 9.59 Å². The van der Waals surface area contributed by atoms with Crippen LogP contribution in [0.3, 0.4) is 0 Å². The van der Waals surface area contributed by atoms with E-state index in [0.29, 0.717) is 19.8 Å². The summed E-state index contributed by atoms with van der Waals surface area (Å²) in [7, 11) is 0. The average molecular weight is 698 g/mol. The summed E-state index contributed by atoms with van der Waals surface area (Å²) in [5.41, 5.74) is -0.456. The minimum atomic E-state index is -0.289. The Bertz CT molecular complexity index is 1070. The molecule has 2 radical (unpaired) electrons. The third-order valence-corrected chi connectivity index (χ3v) is 3.64. The van der Waals surface area contributed by atoms with E-state index in [1.807, 2.05) is 95.3 Å². The Balaban J connectivity index is -0.000000204. The zero-order valence-corrected chi connectivity index (χ0v) is 29.9. The monoisotopic (exact) mass is 698 g/mol. The molecule has 1 N–H and O–H groups in total. The first-order valence-electron chi connectivity index (χ1n) is 12.4. The molecule has 4 aromatic rings. The van der Waals surface area contributed by atoms with Crippen LogP contribution in [-0.4, -0.2) is 32.7 Å². The Morgan fingerprint density at radius 3 is 1.50 bits per heavy atom. The van der Waals surface area contributed by atoms with E-state index in [1.165, 1.54) is 17.0 Å². The Hall–Kier alpha value is -1.99. The second-order valence-electron chi connectivity index (χ2n) is 5.98. The summed E-state index contributed by atoms with van der Waals surface area (Å²) in [4.78, 5) is 30.1. The predicted molar refractivity (Wildman–Crippen MR) is 154 cm³/mol. The van der Waals surface area contributed by atoms with Crippen molar-refractivity contribution in [3.05, 3.63) is 132 Å². The number of nitrogens with zero attached hydrogens (tertiary/aromatic N) is 3.